The van der Waals surface area contributed by atoms with Crippen molar-refractivity contribution < 1.29 is 9.22 Å². The van der Waals surface area contributed by atoms with Gasteiger partial charge in [-0.3, -0.25) is 0 Å². The minimum absolute atomic E-state index is 0.00331. The van der Waals surface area contributed by atoms with Gasteiger partial charge in [0.05, 0.1) is 22.5 Å². The number of amides is 2. The molecule has 1 aromatic carbocycles. The lowest BCUT2D eigenvalue weighted by Gasteiger charge is -2.45. The van der Waals surface area contributed by atoms with Crippen LogP contribution in [0.4, 0.5) is 22.0 Å². The average molecular weight is 611 g/mol. The number of hydrogen-bond donors (Lipinski definition) is 1. The number of halogens is 1. The molecule has 2 unspecified atom stereocenters. The number of nitrogens with zero attached hydrogens (tertiary/aromatic N) is 5. The second-order valence-corrected chi connectivity index (χ2v) is 18.7. The predicted molar refractivity (Wildman–Crippen MR) is 175 cm³/mol. The third-order valence-corrected chi connectivity index (χ3v) is 14.2. The molecule has 1 N–H and O–H groups in total. The fourth-order valence-electron chi connectivity index (χ4n) is 5.53. The van der Waals surface area contributed by atoms with E-state index in [1.165, 1.54) is 0 Å². The molecule has 42 heavy (non-hydrogen) atoms. The number of benzene rings is 1. The summed E-state index contributed by atoms with van der Waals surface area (Å²) in [4.78, 5) is 24.4. The molecule has 4 rings (SSSR count). The molecule has 2 fully saturated rings. The summed E-state index contributed by atoms with van der Waals surface area (Å²) in [6.07, 6.45) is 5.19. The number of carbonyl (C=O) groups excluding carboxylic acids is 1. The van der Waals surface area contributed by atoms with E-state index in [-0.39, 0.29) is 23.2 Å². The van der Waals surface area contributed by atoms with E-state index in [0.29, 0.717) is 35.3 Å². The van der Waals surface area contributed by atoms with Gasteiger partial charge in [-0.05, 0) is 87.5 Å². The van der Waals surface area contributed by atoms with Crippen molar-refractivity contribution in [3.63, 3.8) is 0 Å². The van der Waals surface area contributed by atoms with Gasteiger partial charge in [-0.25, -0.2) is 9.78 Å². The highest BCUT2D eigenvalue weighted by atomic mass is 35.5. The third-order valence-electron chi connectivity index (χ3n) is 9.38. The third kappa shape index (κ3) is 7.58. The lowest BCUT2D eigenvalue weighted by molar-refractivity contribution is 0.173. The second kappa shape index (κ2) is 13.2. The van der Waals surface area contributed by atoms with E-state index in [9.17, 15) is 10.1 Å². The number of hydrogen-bond acceptors (Lipinski definition) is 6. The van der Waals surface area contributed by atoms with E-state index < -0.39 is 8.32 Å². The van der Waals surface area contributed by atoms with Crippen molar-refractivity contribution in [1.29, 1.82) is 5.26 Å². The molecule has 0 spiro atoms. The predicted octanol–water partition coefficient (Wildman–Crippen LogP) is 7.37. The minimum atomic E-state index is -1.68. The number of piperidine rings is 1. The molecule has 0 saturated carbocycles. The van der Waals surface area contributed by atoms with Crippen LogP contribution in [0.15, 0.2) is 36.5 Å². The SMILES string of the molecule is CC1CN(c2ccc(C#N)c(Cl)c2)C(C)CN1C(=O)Nc1ccc(N2CCC(CCO[Si](C)(C)C(C)(C)C)CC2)nc1. The number of rotatable bonds is 7. The second-order valence-electron chi connectivity index (χ2n) is 13.4. The Morgan fingerprint density at radius 2 is 1.86 bits per heavy atom. The number of aromatic nitrogens is 1. The molecule has 0 bridgehead atoms. The van der Waals surface area contributed by atoms with Crippen LogP contribution in [0.5, 0.6) is 0 Å². The Hall–Kier alpha value is -2.80. The van der Waals surface area contributed by atoms with E-state index in [1.54, 1.807) is 12.3 Å². The standard InChI is InChI=1S/C32H47ClN6O2Si/c1-23-22-39(24(2)21-38(23)28-10-8-26(19-34)29(33)18-28)31(40)36-27-9-11-30(35-20-27)37-15-12-25(13-16-37)14-17-41-42(6,7)32(3,4)5/h8-11,18,20,23-25H,12-17,21-22H2,1-7H3,(H,36,40). The quantitative estimate of drug-likeness (QED) is 0.330. The minimum Gasteiger partial charge on any atom is -0.417 e. The van der Waals surface area contributed by atoms with Crippen LogP contribution in [0.3, 0.4) is 0 Å². The van der Waals surface area contributed by atoms with Gasteiger partial charge in [0.2, 0.25) is 0 Å². The highest BCUT2D eigenvalue weighted by Gasteiger charge is 2.37. The molecule has 2 aliphatic heterocycles. The Labute approximate surface area is 258 Å². The van der Waals surface area contributed by atoms with E-state index >= 15 is 0 Å². The zero-order chi connectivity index (χ0) is 30.7. The largest absolute Gasteiger partial charge is 0.417 e. The molecule has 2 aliphatic rings. The number of urea groups is 1. The number of piperazine rings is 1. The van der Waals surface area contributed by atoms with Crippen LogP contribution in [0, 0.1) is 17.2 Å². The maximum Gasteiger partial charge on any atom is 0.322 e. The maximum absolute atomic E-state index is 13.2. The fraction of sp³-hybridized carbons (Fsp3) is 0.594. The molecule has 0 radical (unpaired) electrons. The number of nitrogens with one attached hydrogen (secondary N) is 1. The highest BCUT2D eigenvalue weighted by Crippen LogP contribution is 2.37. The van der Waals surface area contributed by atoms with E-state index in [2.05, 4.69) is 67.0 Å². The monoisotopic (exact) mass is 610 g/mol. The van der Waals surface area contributed by atoms with Gasteiger partial charge in [-0.15, -0.1) is 0 Å². The summed E-state index contributed by atoms with van der Waals surface area (Å²) in [6, 6.07) is 11.5. The molecule has 2 saturated heterocycles. The smallest absolute Gasteiger partial charge is 0.322 e. The van der Waals surface area contributed by atoms with Crippen molar-refractivity contribution >= 4 is 43.1 Å². The molecule has 2 aromatic rings. The van der Waals surface area contributed by atoms with E-state index in [1.807, 2.05) is 36.1 Å². The molecular weight excluding hydrogens is 564 g/mol. The zero-order valence-corrected chi connectivity index (χ0v) is 28.0. The van der Waals surface area contributed by atoms with Gasteiger partial charge in [-0.2, -0.15) is 5.26 Å². The number of carbonyl (C=O) groups is 1. The van der Waals surface area contributed by atoms with Crippen molar-refractivity contribution in [1.82, 2.24) is 9.88 Å². The van der Waals surface area contributed by atoms with Gasteiger partial charge in [0.15, 0.2) is 8.32 Å². The van der Waals surface area contributed by atoms with Crippen molar-refractivity contribution in [2.45, 2.75) is 84.1 Å². The molecule has 3 heterocycles. The number of anilines is 3. The number of pyridine rings is 1. The summed E-state index contributed by atoms with van der Waals surface area (Å²) >= 11 is 6.28. The summed E-state index contributed by atoms with van der Waals surface area (Å²) in [5, 5.41) is 12.9. The molecule has 1 aromatic heterocycles. The molecule has 0 aliphatic carbocycles. The number of nitriles is 1. The highest BCUT2D eigenvalue weighted by molar-refractivity contribution is 6.74. The van der Waals surface area contributed by atoms with Gasteiger partial charge in [0.1, 0.15) is 11.9 Å². The van der Waals surface area contributed by atoms with Crippen LogP contribution in [0.1, 0.15) is 59.4 Å². The molecule has 2 amide bonds. The molecular formula is C32H47ClN6O2Si. The van der Waals surface area contributed by atoms with E-state index in [4.69, 9.17) is 16.0 Å². The summed E-state index contributed by atoms with van der Waals surface area (Å²) in [6.45, 7) is 19.8. The van der Waals surface area contributed by atoms with Crippen LogP contribution in [0.25, 0.3) is 0 Å². The van der Waals surface area contributed by atoms with Crippen LogP contribution in [-0.2, 0) is 4.43 Å². The summed E-state index contributed by atoms with van der Waals surface area (Å²) in [7, 11) is -1.68. The first-order valence-electron chi connectivity index (χ1n) is 15.2. The van der Waals surface area contributed by atoms with Gasteiger partial charge >= 0.3 is 6.03 Å². The van der Waals surface area contributed by atoms with Crippen LogP contribution in [0.2, 0.25) is 23.2 Å². The lowest BCUT2D eigenvalue weighted by Crippen LogP contribution is -2.59. The van der Waals surface area contributed by atoms with Crippen molar-refractivity contribution in [2.24, 2.45) is 5.92 Å². The molecule has 8 nitrogen and oxygen atoms in total. The normalized spacial score (nSPS) is 20.4. The molecule has 228 valence electrons. The van der Waals surface area contributed by atoms with Crippen LogP contribution < -0.4 is 15.1 Å². The molecule has 2 atom stereocenters. The van der Waals surface area contributed by atoms with Crippen molar-refractivity contribution in [2.75, 3.05) is 47.9 Å². The first kappa shape index (κ1) is 32.1. The Bertz CT molecular complexity index is 1270. The van der Waals surface area contributed by atoms with E-state index in [0.717, 1.165) is 50.5 Å². The summed E-state index contributed by atoms with van der Waals surface area (Å²) < 4.78 is 6.40. The Morgan fingerprint density at radius 1 is 1.14 bits per heavy atom. The van der Waals surface area contributed by atoms with Crippen molar-refractivity contribution in [3.05, 3.63) is 47.1 Å². The van der Waals surface area contributed by atoms with Gasteiger partial charge in [0.25, 0.3) is 0 Å². The first-order valence-corrected chi connectivity index (χ1v) is 18.5. The lowest BCUT2D eigenvalue weighted by atomic mass is 9.94. The summed E-state index contributed by atoms with van der Waals surface area (Å²) in [5.41, 5.74) is 2.12. The fourth-order valence-corrected chi connectivity index (χ4v) is 6.81. The van der Waals surface area contributed by atoms with Crippen LogP contribution in [-0.4, -0.2) is 69.1 Å². The Balaban J connectivity index is 1.25. The van der Waals surface area contributed by atoms with Gasteiger partial charge in [-0.1, -0.05) is 32.4 Å². The average Bonchev–Trinajstić information content (AvgIpc) is 2.94. The Morgan fingerprint density at radius 3 is 2.45 bits per heavy atom. The van der Waals surface area contributed by atoms with Crippen molar-refractivity contribution in [3.8, 4) is 6.07 Å². The Kier molecular flexibility index (Phi) is 10.1. The zero-order valence-electron chi connectivity index (χ0n) is 26.3. The van der Waals surface area contributed by atoms with Gasteiger partial charge < -0.3 is 24.4 Å². The van der Waals surface area contributed by atoms with Gasteiger partial charge in [0, 0.05) is 50.6 Å². The topological polar surface area (TPSA) is 84.7 Å². The first-order chi connectivity index (χ1) is 19.8. The molecule has 10 heteroatoms. The maximum atomic E-state index is 13.2. The summed E-state index contributed by atoms with van der Waals surface area (Å²) in [5.74, 6) is 1.66. The van der Waals surface area contributed by atoms with Crippen LogP contribution >= 0.6 is 11.6 Å².